The van der Waals surface area contributed by atoms with Gasteiger partial charge in [0.05, 0.1) is 29.2 Å². The summed E-state index contributed by atoms with van der Waals surface area (Å²) in [5.74, 6) is 5.69. The van der Waals surface area contributed by atoms with Gasteiger partial charge in [0.1, 0.15) is 6.04 Å². The van der Waals surface area contributed by atoms with Crippen molar-refractivity contribution in [2.75, 3.05) is 20.6 Å². The molecule has 20 heavy (non-hydrogen) atoms. The topological polar surface area (TPSA) is 76.9 Å². The van der Waals surface area contributed by atoms with Gasteiger partial charge < -0.3 is 4.90 Å². The van der Waals surface area contributed by atoms with Crippen LogP contribution < -0.4 is 11.3 Å². The monoisotopic (exact) mass is 297 g/mol. The Labute approximate surface area is 123 Å². The normalized spacial score (nSPS) is 13.1. The average Bonchev–Trinajstić information content (AvgIpc) is 2.97. The predicted molar refractivity (Wildman–Crippen MR) is 78.2 cm³/mol. The number of nitrogens with zero attached hydrogens (tertiary/aromatic N) is 5. The fraction of sp³-hybridized carbons (Fsp3) is 0.500. The van der Waals surface area contributed by atoms with Gasteiger partial charge in [-0.25, -0.2) is 5.43 Å². The van der Waals surface area contributed by atoms with Crippen LogP contribution in [0, 0.1) is 0 Å². The van der Waals surface area contributed by atoms with E-state index in [0.717, 1.165) is 24.5 Å². The van der Waals surface area contributed by atoms with Crippen LogP contribution in [0.15, 0.2) is 18.5 Å². The summed E-state index contributed by atoms with van der Waals surface area (Å²) >= 11 is 6.26. The molecule has 2 aromatic rings. The minimum Gasteiger partial charge on any atom is -0.308 e. The molecule has 0 aliphatic heterocycles. The molecule has 0 fully saturated rings. The second kappa shape index (κ2) is 6.36. The lowest BCUT2D eigenvalue weighted by Gasteiger charge is -2.18. The molecule has 2 heterocycles. The van der Waals surface area contributed by atoms with Crippen LogP contribution in [0.4, 0.5) is 0 Å². The molecule has 1 atom stereocenters. The van der Waals surface area contributed by atoms with Gasteiger partial charge in [-0.3, -0.25) is 15.2 Å². The number of aryl methyl sites for hydroxylation is 1. The molecule has 2 rings (SSSR count). The number of nitrogens with two attached hydrogens (primary N) is 1. The molecule has 0 aromatic carbocycles. The summed E-state index contributed by atoms with van der Waals surface area (Å²) in [6, 6.07) is 1.62. The highest BCUT2D eigenvalue weighted by molar-refractivity contribution is 6.31. The van der Waals surface area contributed by atoms with E-state index in [4.69, 9.17) is 17.4 Å². The van der Waals surface area contributed by atoms with Crippen molar-refractivity contribution in [2.24, 2.45) is 12.9 Å². The Balaban J connectivity index is 2.31. The average molecular weight is 298 g/mol. The minimum absolute atomic E-state index is 0.284. The van der Waals surface area contributed by atoms with E-state index in [2.05, 4.69) is 20.5 Å². The second-order valence-corrected chi connectivity index (χ2v) is 5.33. The van der Waals surface area contributed by atoms with E-state index >= 15 is 0 Å². The number of halogens is 1. The maximum absolute atomic E-state index is 6.26. The van der Waals surface area contributed by atoms with Gasteiger partial charge in [-0.1, -0.05) is 11.6 Å². The third kappa shape index (κ3) is 3.18. The maximum Gasteiger partial charge on any atom is 0.108 e. The van der Waals surface area contributed by atoms with Crippen molar-refractivity contribution in [1.29, 1.82) is 0 Å². The summed E-state index contributed by atoms with van der Waals surface area (Å²) in [5, 5.41) is 9.28. The molecule has 0 radical (unpaired) electrons. The molecule has 3 N–H and O–H groups in total. The summed E-state index contributed by atoms with van der Waals surface area (Å²) in [6.45, 7) is 1.60. The Morgan fingerprint density at radius 1 is 1.50 bits per heavy atom. The molecule has 2 aromatic heterocycles. The van der Waals surface area contributed by atoms with Gasteiger partial charge in [0.25, 0.3) is 0 Å². The Bertz CT molecular complexity index is 560. The molecule has 0 saturated carbocycles. The van der Waals surface area contributed by atoms with Crippen LogP contribution in [-0.2, 0) is 13.6 Å². The Kier molecular flexibility index (Phi) is 4.77. The highest BCUT2D eigenvalue weighted by Gasteiger charge is 2.23. The van der Waals surface area contributed by atoms with Crippen molar-refractivity contribution in [2.45, 2.75) is 12.6 Å². The summed E-state index contributed by atoms with van der Waals surface area (Å²) in [7, 11) is 5.90. The van der Waals surface area contributed by atoms with Crippen molar-refractivity contribution in [3.8, 4) is 0 Å². The molecule has 7 nitrogen and oxygen atoms in total. The first-order valence-corrected chi connectivity index (χ1v) is 6.72. The second-order valence-electron chi connectivity index (χ2n) is 4.92. The van der Waals surface area contributed by atoms with E-state index in [9.17, 15) is 0 Å². The van der Waals surface area contributed by atoms with Gasteiger partial charge >= 0.3 is 0 Å². The summed E-state index contributed by atoms with van der Waals surface area (Å²) in [4.78, 5) is 2.09. The van der Waals surface area contributed by atoms with Crippen LogP contribution >= 0.6 is 11.6 Å². The molecule has 110 valence electrons. The Morgan fingerprint density at radius 3 is 2.80 bits per heavy atom. The quantitative estimate of drug-likeness (QED) is 0.596. The maximum atomic E-state index is 6.26. The summed E-state index contributed by atoms with van der Waals surface area (Å²) in [6.07, 6.45) is 3.51. The smallest absolute Gasteiger partial charge is 0.108 e. The lowest BCUT2D eigenvalue weighted by molar-refractivity contribution is 0.365. The van der Waals surface area contributed by atoms with Crippen LogP contribution in [0.1, 0.15) is 17.4 Å². The fourth-order valence-corrected chi connectivity index (χ4v) is 2.27. The summed E-state index contributed by atoms with van der Waals surface area (Å²) in [5.41, 5.74) is 4.41. The molecular weight excluding hydrogens is 278 g/mol. The number of hydrazine groups is 1. The first-order valence-electron chi connectivity index (χ1n) is 6.34. The zero-order valence-electron chi connectivity index (χ0n) is 11.9. The SMILES string of the molecule is CN(C)CCn1ncc(Cl)c1C(NN)c1ccn(C)n1. The minimum atomic E-state index is -0.284. The first-order chi connectivity index (χ1) is 9.52. The highest BCUT2D eigenvalue weighted by Crippen LogP contribution is 2.26. The molecular formula is C12H20ClN7. The molecule has 0 aliphatic carbocycles. The third-order valence-corrected chi connectivity index (χ3v) is 3.35. The van der Waals surface area contributed by atoms with E-state index in [0.29, 0.717) is 5.02 Å². The van der Waals surface area contributed by atoms with Crippen molar-refractivity contribution in [3.05, 3.63) is 34.9 Å². The fourth-order valence-electron chi connectivity index (χ4n) is 2.02. The molecule has 0 amide bonds. The summed E-state index contributed by atoms with van der Waals surface area (Å²) < 4.78 is 3.59. The van der Waals surface area contributed by atoms with Crippen LogP contribution in [0.5, 0.6) is 0 Å². The van der Waals surface area contributed by atoms with Crippen molar-refractivity contribution >= 4 is 11.6 Å². The number of aromatic nitrogens is 4. The zero-order chi connectivity index (χ0) is 14.7. The Morgan fingerprint density at radius 2 is 2.25 bits per heavy atom. The van der Waals surface area contributed by atoms with Crippen molar-refractivity contribution in [1.82, 2.24) is 29.9 Å². The van der Waals surface area contributed by atoms with Gasteiger partial charge in [0.2, 0.25) is 0 Å². The molecule has 0 aliphatic rings. The number of likely N-dealkylation sites (N-methyl/N-ethyl adjacent to an activating group) is 1. The van der Waals surface area contributed by atoms with Gasteiger partial charge in [-0.15, -0.1) is 0 Å². The number of hydrogen-bond acceptors (Lipinski definition) is 5. The standard InChI is InChI=1S/C12H20ClN7/c1-18(2)6-7-20-12(9(13)8-15-20)11(16-14)10-4-5-19(3)17-10/h4-5,8,11,16H,6-7,14H2,1-3H3. The predicted octanol–water partition coefficient (Wildman–Crippen LogP) is 0.384. The molecule has 0 saturated heterocycles. The first kappa shape index (κ1) is 15.0. The van der Waals surface area contributed by atoms with E-state index < -0.39 is 0 Å². The van der Waals surface area contributed by atoms with Crippen LogP contribution in [0.25, 0.3) is 0 Å². The molecule has 0 bridgehead atoms. The van der Waals surface area contributed by atoms with Crippen molar-refractivity contribution in [3.63, 3.8) is 0 Å². The van der Waals surface area contributed by atoms with Crippen molar-refractivity contribution < 1.29 is 0 Å². The van der Waals surface area contributed by atoms with Crippen LogP contribution in [-0.4, -0.2) is 45.1 Å². The molecule has 1 unspecified atom stereocenters. The van der Waals surface area contributed by atoms with E-state index in [1.807, 2.05) is 38.1 Å². The van der Waals surface area contributed by atoms with E-state index in [1.165, 1.54) is 0 Å². The van der Waals surface area contributed by atoms with Gasteiger partial charge in [0, 0.05) is 19.8 Å². The van der Waals surface area contributed by atoms with Gasteiger partial charge in [-0.2, -0.15) is 10.2 Å². The zero-order valence-corrected chi connectivity index (χ0v) is 12.7. The molecule has 0 spiro atoms. The van der Waals surface area contributed by atoms with Crippen LogP contribution in [0.2, 0.25) is 5.02 Å². The number of rotatable bonds is 6. The third-order valence-electron chi connectivity index (χ3n) is 3.06. The van der Waals surface area contributed by atoms with E-state index in [1.54, 1.807) is 10.9 Å². The van der Waals surface area contributed by atoms with Gasteiger partial charge in [0.15, 0.2) is 0 Å². The highest BCUT2D eigenvalue weighted by atomic mass is 35.5. The number of hydrogen-bond donors (Lipinski definition) is 2. The lowest BCUT2D eigenvalue weighted by Crippen LogP contribution is -2.32. The molecule has 8 heteroatoms. The Hall–Kier alpha value is -1.41. The van der Waals surface area contributed by atoms with E-state index in [-0.39, 0.29) is 6.04 Å². The lowest BCUT2D eigenvalue weighted by atomic mass is 10.1. The van der Waals surface area contributed by atoms with Gasteiger partial charge in [-0.05, 0) is 20.2 Å². The largest absolute Gasteiger partial charge is 0.308 e. The number of nitrogens with one attached hydrogen (secondary N) is 1. The van der Waals surface area contributed by atoms with Crippen LogP contribution in [0.3, 0.4) is 0 Å².